The zero-order valence-corrected chi connectivity index (χ0v) is 16.2. The average molecular weight is 351 g/mol. The maximum Gasteiger partial charge on any atom is 0.200 e. The fourth-order valence-corrected chi connectivity index (χ4v) is 2.96. The molecular formula is C22H29N3O+2. The Morgan fingerprint density at radius 1 is 1.08 bits per heavy atom. The first kappa shape index (κ1) is 18.2. The zero-order valence-electron chi connectivity index (χ0n) is 16.2. The first-order valence-electron chi connectivity index (χ1n) is 9.11. The summed E-state index contributed by atoms with van der Waals surface area (Å²) in [6.45, 7) is 2.23. The van der Waals surface area contributed by atoms with Gasteiger partial charge in [0, 0.05) is 19.2 Å². The molecule has 0 aliphatic carbocycles. The second kappa shape index (κ2) is 7.75. The number of benzene rings is 1. The summed E-state index contributed by atoms with van der Waals surface area (Å²) in [5.41, 5.74) is 2.28. The molecule has 1 aromatic heterocycles. The van der Waals surface area contributed by atoms with Crippen LogP contribution in [0.5, 0.6) is 5.75 Å². The monoisotopic (exact) mass is 351 g/mol. The van der Waals surface area contributed by atoms with E-state index in [-0.39, 0.29) is 0 Å². The standard InChI is InChI=1S/C22H29N3O/c1-23-20-10-5-6-11-21(20)26-22(23)12-7-9-19-13-16-24(17-14-19)15-8-18-25(2,3)4/h5-7,9-14,16-17H,8,15,18H2,1-4H3/q+2. The second-order valence-corrected chi connectivity index (χ2v) is 7.73. The molecule has 1 aliphatic heterocycles. The van der Waals surface area contributed by atoms with E-state index in [1.807, 2.05) is 37.4 Å². The van der Waals surface area contributed by atoms with Gasteiger partial charge >= 0.3 is 0 Å². The summed E-state index contributed by atoms with van der Waals surface area (Å²) in [6, 6.07) is 12.4. The van der Waals surface area contributed by atoms with Crippen molar-refractivity contribution in [2.75, 3.05) is 39.6 Å². The third-order valence-electron chi connectivity index (χ3n) is 4.46. The molecule has 136 valence electrons. The lowest BCUT2D eigenvalue weighted by molar-refractivity contribution is -0.873. The van der Waals surface area contributed by atoms with Crippen LogP contribution in [0.15, 0.2) is 66.8 Å². The molecular weight excluding hydrogens is 322 g/mol. The molecule has 4 heteroatoms. The van der Waals surface area contributed by atoms with Crippen molar-refractivity contribution >= 4 is 11.8 Å². The smallest absolute Gasteiger partial charge is 0.200 e. The number of anilines is 1. The summed E-state index contributed by atoms with van der Waals surface area (Å²) in [5.74, 6) is 1.75. The molecule has 0 N–H and O–H groups in total. The van der Waals surface area contributed by atoms with E-state index in [1.165, 1.54) is 18.5 Å². The van der Waals surface area contributed by atoms with Crippen molar-refractivity contribution in [1.29, 1.82) is 0 Å². The van der Waals surface area contributed by atoms with Crippen LogP contribution >= 0.6 is 0 Å². The van der Waals surface area contributed by atoms with E-state index in [4.69, 9.17) is 4.74 Å². The molecule has 0 bridgehead atoms. The van der Waals surface area contributed by atoms with E-state index in [2.05, 4.69) is 67.3 Å². The first-order chi connectivity index (χ1) is 12.4. The van der Waals surface area contributed by atoms with Gasteiger partial charge in [0.15, 0.2) is 30.6 Å². The minimum Gasteiger partial charge on any atom is -0.439 e. The molecule has 3 rings (SSSR count). The van der Waals surface area contributed by atoms with E-state index in [0.717, 1.165) is 28.3 Å². The van der Waals surface area contributed by atoms with E-state index in [9.17, 15) is 0 Å². The molecule has 26 heavy (non-hydrogen) atoms. The van der Waals surface area contributed by atoms with Gasteiger partial charge in [-0.2, -0.15) is 0 Å². The number of para-hydroxylation sites is 2. The number of fused-ring (bicyclic) bond motifs is 1. The Labute approximate surface area is 156 Å². The van der Waals surface area contributed by atoms with Crippen LogP contribution in [0.4, 0.5) is 5.69 Å². The maximum absolute atomic E-state index is 5.88. The molecule has 0 radical (unpaired) electrons. The van der Waals surface area contributed by atoms with Crippen molar-refractivity contribution in [3.8, 4) is 5.75 Å². The topological polar surface area (TPSA) is 16.4 Å². The molecule has 2 heterocycles. The molecule has 0 spiro atoms. The Bertz CT molecular complexity index is 801. The fourth-order valence-electron chi connectivity index (χ4n) is 2.96. The lowest BCUT2D eigenvalue weighted by Crippen LogP contribution is -2.39. The number of hydrogen-bond donors (Lipinski definition) is 0. The predicted octanol–water partition coefficient (Wildman–Crippen LogP) is 3.45. The molecule has 0 saturated carbocycles. The highest BCUT2D eigenvalue weighted by Crippen LogP contribution is 2.37. The number of pyridine rings is 1. The maximum atomic E-state index is 5.88. The van der Waals surface area contributed by atoms with Gasteiger partial charge in [-0.1, -0.05) is 24.3 Å². The summed E-state index contributed by atoms with van der Waals surface area (Å²) >= 11 is 0. The Morgan fingerprint density at radius 3 is 2.50 bits per heavy atom. The number of aromatic nitrogens is 1. The van der Waals surface area contributed by atoms with Gasteiger partial charge in [-0.3, -0.25) is 0 Å². The highest BCUT2D eigenvalue weighted by Gasteiger charge is 2.21. The molecule has 0 unspecified atom stereocenters. The van der Waals surface area contributed by atoms with Crippen molar-refractivity contribution in [2.45, 2.75) is 13.0 Å². The van der Waals surface area contributed by atoms with Gasteiger partial charge in [-0.05, 0) is 23.8 Å². The molecule has 0 atom stereocenters. The second-order valence-electron chi connectivity index (χ2n) is 7.73. The van der Waals surface area contributed by atoms with E-state index in [1.54, 1.807) is 0 Å². The molecule has 1 aliphatic rings. The van der Waals surface area contributed by atoms with Gasteiger partial charge in [0.05, 0.1) is 39.8 Å². The number of aryl methyl sites for hydroxylation is 1. The third-order valence-corrected chi connectivity index (χ3v) is 4.46. The van der Waals surface area contributed by atoms with E-state index in [0.29, 0.717) is 0 Å². The van der Waals surface area contributed by atoms with Crippen molar-refractivity contribution < 1.29 is 13.8 Å². The van der Waals surface area contributed by atoms with Crippen LogP contribution < -0.4 is 14.2 Å². The van der Waals surface area contributed by atoms with Crippen molar-refractivity contribution in [3.05, 3.63) is 72.4 Å². The Balaban J connectivity index is 1.56. The van der Waals surface area contributed by atoms with Crippen molar-refractivity contribution in [2.24, 2.45) is 0 Å². The number of nitrogens with zero attached hydrogens (tertiary/aromatic N) is 3. The lowest BCUT2D eigenvalue weighted by atomic mass is 10.2. The summed E-state index contributed by atoms with van der Waals surface area (Å²) in [7, 11) is 8.72. The van der Waals surface area contributed by atoms with Gasteiger partial charge in [0.25, 0.3) is 0 Å². The van der Waals surface area contributed by atoms with E-state index >= 15 is 0 Å². The van der Waals surface area contributed by atoms with Crippen LogP contribution in [-0.2, 0) is 6.54 Å². The number of quaternary nitrogens is 1. The predicted molar refractivity (Wildman–Crippen MR) is 107 cm³/mol. The van der Waals surface area contributed by atoms with Crippen LogP contribution in [-0.4, -0.2) is 39.2 Å². The quantitative estimate of drug-likeness (QED) is 0.585. The molecule has 0 fully saturated rings. The van der Waals surface area contributed by atoms with Gasteiger partial charge < -0.3 is 14.1 Å². The average Bonchev–Trinajstić information content (AvgIpc) is 2.92. The number of hydrogen-bond acceptors (Lipinski definition) is 2. The largest absolute Gasteiger partial charge is 0.439 e. The highest BCUT2D eigenvalue weighted by molar-refractivity contribution is 5.66. The highest BCUT2D eigenvalue weighted by atomic mass is 16.5. The minimum atomic E-state index is 0.841. The zero-order chi connectivity index (χ0) is 18.6. The molecule has 1 aromatic carbocycles. The first-order valence-corrected chi connectivity index (χ1v) is 9.11. The molecule has 4 nitrogen and oxygen atoms in total. The minimum absolute atomic E-state index is 0.841. The molecule has 0 saturated heterocycles. The molecule has 0 amide bonds. The Morgan fingerprint density at radius 2 is 1.81 bits per heavy atom. The van der Waals surface area contributed by atoms with E-state index < -0.39 is 0 Å². The van der Waals surface area contributed by atoms with Crippen LogP contribution in [0.1, 0.15) is 12.0 Å². The third kappa shape index (κ3) is 4.73. The van der Waals surface area contributed by atoms with Gasteiger partial charge in [-0.25, -0.2) is 4.57 Å². The van der Waals surface area contributed by atoms with Crippen LogP contribution in [0.25, 0.3) is 6.08 Å². The van der Waals surface area contributed by atoms with Gasteiger partial charge in [-0.15, -0.1) is 0 Å². The van der Waals surface area contributed by atoms with Gasteiger partial charge in [0.1, 0.15) is 0 Å². The number of allylic oxidation sites excluding steroid dienone is 2. The van der Waals surface area contributed by atoms with Crippen molar-refractivity contribution in [1.82, 2.24) is 0 Å². The number of rotatable bonds is 6. The van der Waals surface area contributed by atoms with Crippen molar-refractivity contribution in [3.63, 3.8) is 0 Å². The molecule has 2 aromatic rings. The number of ether oxygens (including phenoxy) is 1. The Hall–Kier alpha value is -2.59. The Kier molecular flexibility index (Phi) is 5.43. The van der Waals surface area contributed by atoms with Crippen LogP contribution in [0.2, 0.25) is 0 Å². The SMILES string of the molecule is CN1/C(=C\C=C\c2cc[n+](CCC[N+](C)(C)C)cc2)Oc2ccccc21. The van der Waals surface area contributed by atoms with Crippen LogP contribution in [0, 0.1) is 0 Å². The summed E-state index contributed by atoms with van der Waals surface area (Å²) in [5, 5.41) is 0. The summed E-state index contributed by atoms with van der Waals surface area (Å²) in [4.78, 5) is 2.06. The van der Waals surface area contributed by atoms with Crippen LogP contribution in [0.3, 0.4) is 0 Å². The normalized spacial score (nSPS) is 15.5. The summed E-state index contributed by atoms with van der Waals surface area (Å²) in [6.07, 6.45) is 11.6. The van der Waals surface area contributed by atoms with Gasteiger partial charge in [0.2, 0.25) is 0 Å². The fraction of sp³-hybridized carbons (Fsp3) is 0.318. The summed E-state index contributed by atoms with van der Waals surface area (Å²) < 4.78 is 9.13. The lowest BCUT2D eigenvalue weighted by Gasteiger charge is -2.22.